The summed E-state index contributed by atoms with van der Waals surface area (Å²) in [6.07, 6.45) is 6.05. The molecule has 1 aromatic carbocycles. The van der Waals surface area contributed by atoms with Crippen molar-refractivity contribution in [3.05, 3.63) is 47.7 Å². The number of aromatic amines is 1. The summed E-state index contributed by atoms with van der Waals surface area (Å²) < 4.78 is 6.62. The lowest BCUT2D eigenvalue weighted by atomic mass is 9.80. The van der Waals surface area contributed by atoms with Crippen molar-refractivity contribution in [3.8, 4) is 5.75 Å². The average molecular weight is 465 g/mol. The molecule has 3 atom stereocenters. The predicted octanol–water partition coefficient (Wildman–Crippen LogP) is 1.47. The van der Waals surface area contributed by atoms with Gasteiger partial charge in [0, 0.05) is 30.0 Å². The normalized spacial score (nSPS) is 20.8. The van der Waals surface area contributed by atoms with E-state index in [4.69, 9.17) is 9.84 Å². The summed E-state index contributed by atoms with van der Waals surface area (Å²) in [5.41, 5.74) is 3.55. The molecule has 2 unspecified atom stereocenters. The highest BCUT2D eigenvalue weighted by Crippen LogP contribution is 2.37. The van der Waals surface area contributed by atoms with Crippen molar-refractivity contribution in [2.75, 3.05) is 19.7 Å². The van der Waals surface area contributed by atoms with Gasteiger partial charge in [0.05, 0.1) is 19.0 Å². The molecule has 10 heteroatoms. The van der Waals surface area contributed by atoms with Crippen LogP contribution in [0.5, 0.6) is 5.75 Å². The van der Waals surface area contributed by atoms with E-state index in [9.17, 15) is 9.59 Å². The van der Waals surface area contributed by atoms with E-state index in [1.165, 1.54) is 6.33 Å². The molecule has 1 aliphatic carbocycles. The van der Waals surface area contributed by atoms with Crippen molar-refractivity contribution < 1.29 is 19.4 Å². The molecule has 0 spiro atoms. The lowest BCUT2D eigenvalue weighted by Crippen LogP contribution is -2.34. The van der Waals surface area contributed by atoms with Gasteiger partial charge in [0.25, 0.3) is 0 Å². The molecular formula is C24H28N6O4. The van der Waals surface area contributed by atoms with Gasteiger partial charge in [-0.3, -0.25) is 9.59 Å². The molecule has 2 aliphatic rings. The number of aliphatic hydroxyl groups is 1. The number of benzene rings is 1. The maximum Gasteiger partial charge on any atom is 0.220 e. The zero-order chi connectivity index (χ0) is 23.5. The number of fused-ring (bicyclic) bond motifs is 2. The number of ether oxygens (including phenoxy) is 1. The topological polar surface area (TPSA) is 142 Å². The van der Waals surface area contributed by atoms with Crippen LogP contribution in [0.3, 0.4) is 0 Å². The third-order valence-electron chi connectivity index (χ3n) is 6.62. The number of hydrogen-bond acceptors (Lipinski definition) is 8. The summed E-state index contributed by atoms with van der Waals surface area (Å²) in [5, 5.41) is 15.0. The Kier molecular flexibility index (Phi) is 6.50. The van der Waals surface area contributed by atoms with E-state index in [1.54, 1.807) is 6.33 Å². The number of nitrogens with one attached hydrogen (secondary N) is 3. The highest BCUT2D eigenvalue weighted by atomic mass is 16.5. The molecular weight excluding hydrogens is 436 g/mol. The Balaban J connectivity index is 1.42. The molecule has 1 aliphatic heterocycles. The van der Waals surface area contributed by atoms with Crippen LogP contribution >= 0.6 is 0 Å². The van der Waals surface area contributed by atoms with Crippen LogP contribution in [0.4, 0.5) is 0 Å². The Morgan fingerprint density at radius 1 is 1.26 bits per heavy atom. The smallest absolute Gasteiger partial charge is 0.220 e. The fourth-order valence-corrected chi connectivity index (χ4v) is 4.96. The maximum absolute atomic E-state index is 13.2. The molecule has 1 saturated heterocycles. The van der Waals surface area contributed by atoms with Crippen LogP contribution in [0.2, 0.25) is 0 Å². The number of carbonyl (C=O) groups excluding carboxylic acids is 2. The summed E-state index contributed by atoms with van der Waals surface area (Å²) in [6.45, 7) is 0.979. The molecule has 2 aromatic heterocycles. The number of hydrogen-bond donors (Lipinski definition) is 4. The molecule has 1 amide bonds. The molecule has 178 valence electrons. The zero-order valence-electron chi connectivity index (χ0n) is 18.8. The first-order valence-corrected chi connectivity index (χ1v) is 11.7. The number of rotatable bonds is 8. The molecule has 3 aromatic rings. The Hall–Kier alpha value is -3.37. The molecule has 5 rings (SSSR count). The second kappa shape index (κ2) is 9.86. The van der Waals surface area contributed by atoms with Crippen LogP contribution < -0.4 is 15.4 Å². The number of aromatic nitrogens is 4. The molecule has 34 heavy (non-hydrogen) atoms. The Morgan fingerprint density at radius 3 is 3.00 bits per heavy atom. The van der Waals surface area contributed by atoms with E-state index in [1.807, 2.05) is 18.2 Å². The molecule has 10 nitrogen and oxygen atoms in total. The van der Waals surface area contributed by atoms with Gasteiger partial charge in [0.1, 0.15) is 23.3 Å². The summed E-state index contributed by atoms with van der Waals surface area (Å²) in [7, 11) is 0. The number of Topliss-reactive ketones (excluding diaryl/α,β-unsaturated/α-hetero) is 1. The van der Waals surface area contributed by atoms with Crippen molar-refractivity contribution in [2.45, 2.75) is 44.2 Å². The maximum atomic E-state index is 13.2. The van der Waals surface area contributed by atoms with Gasteiger partial charge in [-0.1, -0.05) is 12.1 Å². The zero-order valence-corrected chi connectivity index (χ0v) is 18.8. The van der Waals surface area contributed by atoms with E-state index in [-0.39, 0.29) is 49.3 Å². The summed E-state index contributed by atoms with van der Waals surface area (Å²) in [5.74, 6) is 0.0292. The highest BCUT2D eigenvalue weighted by Gasteiger charge is 2.34. The largest absolute Gasteiger partial charge is 0.482 e. The van der Waals surface area contributed by atoms with Crippen LogP contribution in [0, 0.1) is 5.92 Å². The van der Waals surface area contributed by atoms with Gasteiger partial charge >= 0.3 is 0 Å². The molecule has 0 saturated carbocycles. The molecule has 0 radical (unpaired) electrons. The number of imidazole rings is 1. The first-order chi connectivity index (χ1) is 16.7. The van der Waals surface area contributed by atoms with Gasteiger partial charge in [-0.05, 0) is 38.3 Å². The lowest BCUT2D eigenvalue weighted by molar-refractivity contribution is -0.122. The quantitative estimate of drug-likeness (QED) is 0.393. The van der Waals surface area contributed by atoms with Crippen molar-refractivity contribution >= 4 is 22.9 Å². The number of amides is 1. The van der Waals surface area contributed by atoms with Crippen LogP contribution in [0.15, 0.2) is 30.9 Å². The highest BCUT2D eigenvalue weighted by molar-refractivity contribution is 6.02. The Morgan fingerprint density at radius 2 is 2.18 bits per heavy atom. The number of H-pyrrole nitrogens is 1. The van der Waals surface area contributed by atoms with Crippen LogP contribution in [-0.2, 0) is 11.2 Å². The van der Waals surface area contributed by atoms with Crippen molar-refractivity contribution in [2.24, 2.45) is 5.92 Å². The monoisotopic (exact) mass is 464 g/mol. The minimum absolute atomic E-state index is 0.0422. The van der Waals surface area contributed by atoms with Gasteiger partial charge < -0.3 is 25.5 Å². The fraction of sp³-hybridized carbons (Fsp3) is 0.458. The third kappa shape index (κ3) is 4.38. The van der Waals surface area contributed by atoms with Crippen molar-refractivity contribution in [3.63, 3.8) is 0 Å². The van der Waals surface area contributed by atoms with Gasteiger partial charge in [-0.2, -0.15) is 0 Å². The second-order valence-electron chi connectivity index (χ2n) is 8.76. The second-order valence-corrected chi connectivity index (χ2v) is 8.76. The van der Waals surface area contributed by atoms with E-state index >= 15 is 0 Å². The fourth-order valence-electron chi connectivity index (χ4n) is 4.96. The minimum atomic E-state index is -0.378. The number of ketones is 1. The summed E-state index contributed by atoms with van der Waals surface area (Å²) in [4.78, 5) is 41.5. The number of carbonyl (C=O) groups is 2. The summed E-state index contributed by atoms with van der Waals surface area (Å²) in [6, 6.07) is 5.60. The molecule has 3 heterocycles. The van der Waals surface area contributed by atoms with Crippen molar-refractivity contribution in [1.29, 1.82) is 0 Å². The first kappa shape index (κ1) is 22.4. The number of nitrogens with zero attached hydrogens (tertiary/aromatic N) is 3. The van der Waals surface area contributed by atoms with Crippen LogP contribution in [-0.4, -0.2) is 62.5 Å². The minimum Gasteiger partial charge on any atom is -0.482 e. The van der Waals surface area contributed by atoms with E-state index in [2.05, 4.69) is 30.6 Å². The third-order valence-corrected chi connectivity index (χ3v) is 6.62. The standard InChI is InChI=1S/C24H28N6O4/c31-10-9-26-19(32)11-14-6-7-15-16(22(14)33)3-1-5-18(15)34-23(17-4-2-8-25-17)20-21-24(29-12-27-20)30-13-28-21/h1,3,5,12-14,17,23,25,31H,2,4,6-11H2,(H,26,32)(H,27,28,29,30)/t14?,17?,23-/m1/s1. The van der Waals surface area contributed by atoms with Gasteiger partial charge in [0.2, 0.25) is 5.91 Å². The van der Waals surface area contributed by atoms with Gasteiger partial charge in [0.15, 0.2) is 17.5 Å². The number of aliphatic hydroxyl groups excluding tert-OH is 1. The van der Waals surface area contributed by atoms with Crippen molar-refractivity contribution in [1.82, 2.24) is 30.6 Å². The van der Waals surface area contributed by atoms with Crippen LogP contribution in [0.25, 0.3) is 11.2 Å². The van der Waals surface area contributed by atoms with Crippen LogP contribution in [0.1, 0.15) is 53.4 Å². The van der Waals surface area contributed by atoms with E-state index < -0.39 is 0 Å². The van der Waals surface area contributed by atoms with E-state index in [0.29, 0.717) is 29.8 Å². The van der Waals surface area contributed by atoms with E-state index in [0.717, 1.165) is 36.2 Å². The van der Waals surface area contributed by atoms with Gasteiger partial charge in [-0.25, -0.2) is 15.0 Å². The lowest BCUT2D eigenvalue weighted by Gasteiger charge is -2.29. The molecule has 4 N–H and O–H groups in total. The summed E-state index contributed by atoms with van der Waals surface area (Å²) >= 11 is 0. The Bertz CT molecular complexity index is 1190. The Labute approximate surface area is 196 Å². The SMILES string of the molecule is O=C(CC1CCc2c(O[C@@H](c3ncnc4nc[nH]c34)C3CCCN3)cccc2C1=O)NCCO. The first-order valence-electron chi connectivity index (χ1n) is 11.7. The van der Waals surface area contributed by atoms with Gasteiger partial charge in [-0.15, -0.1) is 0 Å². The molecule has 0 bridgehead atoms. The average Bonchev–Trinajstić information content (AvgIpc) is 3.55. The predicted molar refractivity (Wildman–Crippen MR) is 123 cm³/mol. The molecule has 1 fully saturated rings.